The van der Waals surface area contributed by atoms with Crippen molar-refractivity contribution in [2.75, 3.05) is 6.54 Å². The quantitative estimate of drug-likeness (QED) is 0.636. The second-order valence-corrected chi connectivity index (χ2v) is 3.86. The highest BCUT2D eigenvalue weighted by Gasteiger charge is 2.31. The molecular formula is C12H17N. The molecule has 1 saturated heterocycles. The molecule has 1 aliphatic heterocycles. The lowest BCUT2D eigenvalue weighted by Gasteiger charge is -2.02. The van der Waals surface area contributed by atoms with Gasteiger partial charge in [0.1, 0.15) is 0 Å². The van der Waals surface area contributed by atoms with Gasteiger partial charge in [0.25, 0.3) is 0 Å². The number of nitrogens with zero attached hydrogens (tertiary/aromatic N) is 1. The van der Waals surface area contributed by atoms with Gasteiger partial charge in [0.2, 0.25) is 0 Å². The van der Waals surface area contributed by atoms with Crippen LogP contribution >= 0.6 is 0 Å². The lowest BCUT2D eigenvalue weighted by molar-refractivity contribution is 0.485. The zero-order chi connectivity index (χ0) is 9.10. The SMILES string of the molecule is CCCC1CN1Cc1ccccc1. The van der Waals surface area contributed by atoms with Crippen LogP contribution < -0.4 is 0 Å². The highest BCUT2D eigenvalue weighted by Crippen LogP contribution is 2.24. The Bertz CT molecular complexity index is 255. The predicted molar refractivity (Wildman–Crippen MR) is 55.5 cm³/mol. The van der Waals surface area contributed by atoms with E-state index in [2.05, 4.69) is 42.2 Å². The van der Waals surface area contributed by atoms with Crippen LogP contribution in [0, 0.1) is 0 Å². The number of hydrogen-bond acceptors (Lipinski definition) is 1. The molecule has 0 spiro atoms. The average Bonchev–Trinajstić information content (AvgIpc) is 2.86. The summed E-state index contributed by atoms with van der Waals surface area (Å²) in [5.41, 5.74) is 1.45. The summed E-state index contributed by atoms with van der Waals surface area (Å²) in [4.78, 5) is 2.54. The van der Waals surface area contributed by atoms with Gasteiger partial charge in [-0.2, -0.15) is 0 Å². The van der Waals surface area contributed by atoms with Crippen molar-refractivity contribution < 1.29 is 0 Å². The van der Waals surface area contributed by atoms with E-state index in [4.69, 9.17) is 0 Å². The van der Waals surface area contributed by atoms with Crippen molar-refractivity contribution in [2.24, 2.45) is 0 Å². The zero-order valence-corrected chi connectivity index (χ0v) is 8.24. The lowest BCUT2D eigenvalue weighted by Crippen LogP contribution is -2.01. The molecule has 2 rings (SSSR count). The molecule has 70 valence electrons. The van der Waals surface area contributed by atoms with Crippen LogP contribution in [0.25, 0.3) is 0 Å². The fraction of sp³-hybridized carbons (Fsp3) is 0.500. The summed E-state index contributed by atoms with van der Waals surface area (Å²) in [7, 11) is 0. The number of rotatable bonds is 4. The fourth-order valence-electron chi connectivity index (χ4n) is 1.84. The summed E-state index contributed by atoms with van der Waals surface area (Å²) >= 11 is 0. The van der Waals surface area contributed by atoms with E-state index in [1.54, 1.807) is 0 Å². The van der Waals surface area contributed by atoms with Gasteiger partial charge in [-0.05, 0) is 12.0 Å². The van der Waals surface area contributed by atoms with Gasteiger partial charge in [-0.25, -0.2) is 0 Å². The Labute approximate surface area is 80.4 Å². The van der Waals surface area contributed by atoms with Crippen molar-refractivity contribution >= 4 is 0 Å². The van der Waals surface area contributed by atoms with Crippen molar-refractivity contribution in [2.45, 2.75) is 32.4 Å². The van der Waals surface area contributed by atoms with Gasteiger partial charge in [0.15, 0.2) is 0 Å². The maximum Gasteiger partial charge on any atom is 0.0237 e. The predicted octanol–water partition coefficient (Wildman–Crippen LogP) is 2.67. The van der Waals surface area contributed by atoms with Crippen molar-refractivity contribution in [3.05, 3.63) is 35.9 Å². The van der Waals surface area contributed by atoms with E-state index < -0.39 is 0 Å². The zero-order valence-electron chi connectivity index (χ0n) is 8.24. The first kappa shape index (κ1) is 8.76. The second-order valence-electron chi connectivity index (χ2n) is 3.86. The van der Waals surface area contributed by atoms with Gasteiger partial charge in [-0.1, -0.05) is 43.7 Å². The van der Waals surface area contributed by atoms with Crippen LogP contribution in [0.3, 0.4) is 0 Å². The molecule has 13 heavy (non-hydrogen) atoms. The van der Waals surface area contributed by atoms with Crippen LogP contribution in [-0.4, -0.2) is 17.5 Å². The lowest BCUT2D eigenvalue weighted by atomic mass is 10.2. The number of hydrogen-bond donors (Lipinski definition) is 0. The molecule has 0 bridgehead atoms. The normalized spacial score (nSPS) is 25.9. The molecule has 1 fully saturated rings. The molecular weight excluding hydrogens is 158 g/mol. The molecule has 1 nitrogen and oxygen atoms in total. The van der Waals surface area contributed by atoms with E-state index in [0.717, 1.165) is 12.6 Å². The molecule has 1 aliphatic rings. The minimum absolute atomic E-state index is 0.880. The number of benzene rings is 1. The average molecular weight is 175 g/mol. The van der Waals surface area contributed by atoms with Crippen molar-refractivity contribution in [3.63, 3.8) is 0 Å². The van der Waals surface area contributed by atoms with Gasteiger partial charge in [-0.3, -0.25) is 4.90 Å². The maximum atomic E-state index is 2.54. The summed E-state index contributed by atoms with van der Waals surface area (Å²) in [6.45, 7) is 4.72. The molecule has 1 aromatic rings. The second kappa shape index (κ2) is 3.93. The topological polar surface area (TPSA) is 3.01 Å². The molecule has 2 atom stereocenters. The molecule has 0 saturated carbocycles. The van der Waals surface area contributed by atoms with Crippen molar-refractivity contribution in [1.29, 1.82) is 0 Å². The first-order valence-corrected chi connectivity index (χ1v) is 5.18. The fourth-order valence-corrected chi connectivity index (χ4v) is 1.84. The van der Waals surface area contributed by atoms with E-state index >= 15 is 0 Å². The highest BCUT2D eigenvalue weighted by molar-refractivity contribution is 5.15. The smallest absolute Gasteiger partial charge is 0.0237 e. The third kappa shape index (κ3) is 2.31. The third-order valence-electron chi connectivity index (χ3n) is 2.68. The molecule has 0 aromatic heterocycles. The molecule has 1 heteroatoms. The Morgan fingerprint density at radius 1 is 1.31 bits per heavy atom. The highest BCUT2D eigenvalue weighted by atomic mass is 15.3. The van der Waals surface area contributed by atoms with Crippen LogP contribution in [0.5, 0.6) is 0 Å². The van der Waals surface area contributed by atoms with Crippen LogP contribution in [0.1, 0.15) is 25.3 Å². The first-order chi connectivity index (χ1) is 6.40. The molecule has 0 amide bonds. The molecule has 0 radical (unpaired) electrons. The van der Waals surface area contributed by atoms with E-state index in [0.29, 0.717) is 0 Å². The Morgan fingerprint density at radius 3 is 2.77 bits per heavy atom. The van der Waals surface area contributed by atoms with E-state index in [1.165, 1.54) is 24.9 Å². The Kier molecular flexibility index (Phi) is 2.65. The van der Waals surface area contributed by atoms with Gasteiger partial charge >= 0.3 is 0 Å². The third-order valence-corrected chi connectivity index (χ3v) is 2.68. The summed E-state index contributed by atoms with van der Waals surface area (Å²) in [6.07, 6.45) is 2.68. The Hall–Kier alpha value is -0.820. The Morgan fingerprint density at radius 2 is 2.08 bits per heavy atom. The standard InChI is InChI=1S/C12H17N/c1-2-6-12-10-13(12)9-11-7-4-3-5-8-11/h3-5,7-8,12H,2,6,9-10H2,1H3. The van der Waals surface area contributed by atoms with Gasteiger partial charge in [-0.15, -0.1) is 0 Å². The van der Waals surface area contributed by atoms with Crippen LogP contribution in [0.4, 0.5) is 0 Å². The summed E-state index contributed by atoms with van der Waals surface area (Å²) in [5.74, 6) is 0. The van der Waals surface area contributed by atoms with E-state index in [-0.39, 0.29) is 0 Å². The van der Waals surface area contributed by atoms with Crippen LogP contribution in [0.2, 0.25) is 0 Å². The largest absolute Gasteiger partial charge is 0.293 e. The van der Waals surface area contributed by atoms with E-state index in [9.17, 15) is 0 Å². The van der Waals surface area contributed by atoms with Gasteiger partial charge in [0.05, 0.1) is 0 Å². The maximum absolute atomic E-state index is 2.54. The van der Waals surface area contributed by atoms with E-state index in [1.807, 2.05) is 0 Å². The molecule has 1 aromatic carbocycles. The minimum atomic E-state index is 0.880. The Balaban J connectivity index is 1.81. The molecule has 0 aliphatic carbocycles. The summed E-state index contributed by atoms with van der Waals surface area (Å²) < 4.78 is 0. The summed E-state index contributed by atoms with van der Waals surface area (Å²) in [5, 5.41) is 0. The van der Waals surface area contributed by atoms with Crippen LogP contribution in [-0.2, 0) is 6.54 Å². The summed E-state index contributed by atoms with van der Waals surface area (Å²) in [6, 6.07) is 11.6. The molecule has 2 unspecified atom stereocenters. The first-order valence-electron chi connectivity index (χ1n) is 5.18. The van der Waals surface area contributed by atoms with Crippen molar-refractivity contribution in [1.82, 2.24) is 4.90 Å². The van der Waals surface area contributed by atoms with Gasteiger partial charge < -0.3 is 0 Å². The molecule has 1 heterocycles. The van der Waals surface area contributed by atoms with Gasteiger partial charge in [0, 0.05) is 19.1 Å². The minimum Gasteiger partial charge on any atom is -0.293 e. The van der Waals surface area contributed by atoms with Crippen molar-refractivity contribution in [3.8, 4) is 0 Å². The molecule has 0 N–H and O–H groups in total. The van der Waals surface area contributed by atoms with Crippen LogP contribution in [0.15, 0.2) is 30.3 Å². The monoisotopic (exact) mass is 175 g/mol.